The van der Waals surface area contributed by atoms with Crippen molar-refractivity contribution in [2.24, 2.45) is 0 Å². The molecule has 19 heavy (non-hydrogen) atoms. The van der Waals surface area contributed by atoms with Gasteiger partial charge in [-0.15, -0.1) is 0 Å². The van der Waals surface area contributed by atoms with E-state index in [1.54, 1.807) is 19.1 Å². The standard InChI is InChI=1S/C13H18N2O3S/c1-2-18-13(16)10-3-4-12(11(14)9-10)15-5-7-19(17)8-6-15/h3-4,9H,2,5-8,14H2,1H3. The number of ether oxygens (including phenoxy) is 1. The minimum atomic E-state index is -0.712. The largest absolute Gasteiger partial charge is 0.462 e. The number of nitrogens with zero attached hydrogens (tertiary/aromatic N) is 1. The fourth-order valence-corrected chi connectivity index (χ4v) is 3.11. The monoisotopic (exact) mass is 282 g/mol. The van der Waals surface area contributed by atoms with Gasteiger partial charge in [-0.2, -0.15) is 0 Å². The second-order valence-electron chi connectivity index (χ2n) is 4.33. The number of rotatable bonds is 3. The first-order valence-electron chi connectivity index (χ1n) is 6.28. The molecule has 6 heteroatoms. The van der Waals surface area contributed by atoms with Gasteiger partial charge in [-0.25, -0.2) is 4.79 Å². The van der Waals surface area contributed by atoms with Crippen LogP contribution < -0.4 is 10.6 Å². The van der Waals surface area contributed by atoms with Crippen molar-refractivity contribution in [1.29, 1.82) is 0 Å². The van der Waals surface area contributed by atoms with E-state index in [1.165, 1.54) is 0 Å². The summed E-state index contributed by atoms with van der Waals surface area (Å²) in [7, 11) is -0.712. The van der Waals surface area contributed by atoms with Crippen molar-refractivity contribution in [3.8, 4) is 0 Å². The summed E-state index contributed by atoms with van der Waals surface area (Å²) in [6, 6.07) is 5.18. The maximum atomic E-state index is 11.6. The Morgan fingerprint density at radius 3 is 2.68 bits per heavy atom. The minimum absolute atomic E-state index is 0.346. The van der Waals surface area contributed by atoms with Crippen LogP contribution in [0.15, 0.2) is 18.2 Å². The van der Waals surface area contributed by atoms with Crippen molar-refractivity contribution < 1.29 is 13.7 Å². The van der Waals surface area contributed by atoms with Gasteiger partial charge in [-0.05, 0) is 25.1 Å². The van der Waals surface area contributed by atoms with Crippen LogP contribution in [0, 0.1) is 0 Å². The molecule has 2 N–H and O–H groups in total. The Kier molecular flexibility index (Phi) is 4.42. The van der Waals surface area contributed by atoms with E-state index in [0.29, 0.717) is 29.4 Å². The van der Waals surface area contributed by atoms with E-state index in [-0.39, 0.29) is 5.97 Å². The van der Waals surface area contributed by atoms with Crippen molar-refractivity contribution in [2.45, 2.75) is 6.92 Å². The smallest absolute Gasteiger partial charge is 0.338 e. The van der Waals surface area contributed by atoms with Crippen LogP contribution >= 0.6 is 0 Å². The molecule has 0 saturated carbocycles. The summed E-state index contributed by atoms with van der Waals surface area (Å²) in [4.78, 5) is 13.7. The third-order valence-corrected chi connectivity index (χ3v) is 4.33. The topological polar surface area (TPSA) is 72.6 Å². The molecule has 1 heterocycles. The molecule has 104 valence electrons. The van der Waals surface area contributed by atoms with Crippen LogP contribution in [0.4, 0.5) is 11.4 Å². The van der Waals surface area contributed by atoms with Crippen LogP contribution in [-0.2, 0) is 15.5 Å². The summed E-state index contributed by atoms with van der Waals surface area (Å²) in [6.07, 6.45) is 0. The molecule has 0 atom stereocenters. The van der Waals surface area contributed by atoms with Crippen molar-refractivity contribution >= 4 is 28.1 Å². The Morgan fingerprint density at radius 2 is 2.11 bits per heavy atom. The van der Waals surface area contributed by atoms with Crippen molar-refractivity contribution in [1.82, 2.24) is 0 Å². The normalized spacial score (nSPS) is 16.4. The third-order valence-electron chi connectivity index (χ3n) is 3.06. The first-order valence-corrected chi connectivity index (χ1v) is 7.77. The Morgan fingerprint density at radius 1 is 1.42 bits per heavy atom. The van der Waals surface area contributed by atoms with Gasteiger partial charge in [0.05, 0.1) is 23.5 Å². The molecule has 0 unspecified atom stereocenters. The molecule has 0 aromatic heterocycles. The van der Waals surface area contributed by atoms with Gasteiger partial charge in [0.25, 0.3) is 0 Å². The van der Waals surface area contributed by atoms with Crippen molar-refractivity contribution in [2.75, 3.05) is 41.8 Å². The summed E-state index contributed by atoms with van der Waals surface area (Å²) in [5.74, 6) is 0.971. The first-order chi connectivity index (χ1) is 9.11. The molecule has 1 aromatic carbocycles. The SMILES string of the molecule is CCOC(=O)c1ccc(N2CCS(=O)CC2)c(N)c1. The maximum Gasteiger partial charge on any atom is 0.338 e. The molecule has 0 bridgehead atoms. The zero-order chi connectivity index (χ0) is 13.8. The second-order valence-corrected chi connectivity index (χ2v) is 6.03. The fraction of sp³-hybridized carbons (Fsp3) is 0.462. The van der Waals surface area contributed by atoms with Crippen molar-refractivity contribution in [3.05, 3.63) is 23.8 Å². The lowest BCUT2D eigenvalue weighted by Crippen LogP contribution is -2.38. The molecule has 5 nitrogen and oxygen atoms in total. The number of carbonyl (C=O) groups is 1. The second kappa shape index (κ2) is 6.06. The average molecular weight is 282 g/mol. The molecule has 0 amide bonds. The molecular formula is C13H18N2O3S. The van der Waals surface area contributed by atoms with Crippen LogP contribution in [0.5, 0.6) is 0 Å². The third kappa shape index (κ3) is 3.26. The first kappa shape index (κ1) is 13.9. The van der Waals surface area contributed by atoms with Gasteiger partial charge in [0.1, 0.15) is 0 Å². The summed E-state index contributed by atoms with van der Waals surface area (Å²) < 4.78 is 16.3. The molecule has 1 aromatic rings. The number of anilines is 2. The predicted molar refractivity (Wildman–Crippen MR) is 76.9 cm³/mol. The van der Waals surface area contributed by atoms with Gasteiger partial charge >= 0.3 is 5.97 Å². The van der Waals surface area contributed by atoms with Gasteiger partial charge in [-0.1, -0.05) is 0 Å². The van der Waals surface area contributed by atoms with Crippen LogP contribution in [-0.4, -0.2) is 41.4 Å². The number of esters is 1. The summed E-state index contributed by atoms with van der Waals surface area (Å²) >= 11 is 0. The Balaban J connectivity index is 2.15. The van der Waals surface area contributed by atoms with E-state index in [2.05, 4.69) is 4.90 Å². The molecule has 0 radical (unpaired) electrons. The lowest BCUT2D eigenvalue weighted by atomic mass is 10.1. The lowest BCUT2D eigenvalue weighted by molar-refractivity contribution is 0.0526. The molecule has 0 spiro atoms. The number of nitrogens with two attached hydrogens (primary N) is 1. The van der Waals surface area contributed by atoms with Crippen LogP contribution in [0.1, 0.15) is 17.3 Å². The predicted octanol–water partition coefficient (Wildman–Crippen LogP) is 1.01. The highest BCUT2D eigenvalue weighted by Gasteiger charge is 2.18. The van der Waals surface area contributed by atoms with Gasteiger partial charge in [0, 0.05) is 35.4 Å². The zero-order valence-electron chi connectivity index (χ0n) is 10.9. The van der Waals surface area contributed by atoms with Crippen molar-refractivity contribution in [3.63, 3.8) is 0 Å². The number of benzene rings is 1. The summed E-state index contributed by atoms with van der Waals surface area (Å²) in [6.45, 7) is 3.58. The van der Waals surface area contributed by atoms with E-state index < -0.39 is 10.8 Å². The molecule has 1 fully saturated rings. The quantitative estimate of drug-likeness (QED) is 0.662. The molecule has 0 aliphatic carbocycles. The lowest BCUT2D eigenvalue weighted by Gasteiger charge is -2.29. The highest BCUT2D eigenvalue weighted by molar-refractivity contribution is 7.85. The Hall–Kier alpha value is -1.56. The molecule has 2 rings (SSSR count). The van der Waals surface area contributed by atoms with E-state index in [9.17, 15) is 9.00 Å². The van der Waals surface area contributed by atoms with E-state index in [1.807, 2.05) is 6.07 Å². The number of nitrogen functional groups attached to an aromatic ring is 1. The molecule has 1 saturated heterocycles. The number of hydrogen-bond donors (Lipinski definition) is 1. The maximum absolute atomic E-state index is 11.6. The highest BCUT2D eigenvalue weighted by Crippen LogP contribution is 2.25. The number of carbonyl (C=O) groups excluding carboxylic acids is 1. The fourth-order valence-electron chi connectivity index (χ4n) is 2.06. The summed E-state index contributed by atoms with van der Waals surface area (Å²) in [5.41, 5.74) is 7.90. The summed E-state index contributed by atoms with van der Waals surface area (Å²) in [5, 5.41) is 0. The van der Waals surface area contributed by atoms with Crippen LogP contribution in [0.2, 0.25) is 0 Å². The highest BCUT2D eigenvalue weighted by atomic mass is 32.2. The van der Waals surface area contributed by atoms with Crippen LogP contribution in [0.3, 0.4) is 0 Å². The zero-order valence-corrected chi connectivity index (χ0v) is 11.7. The Labute approximate surface area is 115 Å². The number of hydrogen-bond acceptors (Lipinski definition) is 5. The molecule has 1 aliphatic heterocycles. The Bertz CT molecular complexity index is 495. The minimum Gasteiger partial charge on any atom is -0.462 e. The molecule has 1 aliphatic rings. The van der Waals surface area contributed by atoms with Gasteiger partial charge in [0.2, 0.25) is 0 Å². The molecular weight excluding hydrogens is 264 g/mol. The van der Waals surface area contributed by atoms with E-state index in [4.69, 9.17) is 10.5 Å². The van der Waals surface area contributed by atoms with Gasteiger partial charge in [0.15, 0.2) is 0 Å². The van der Waals surface area contributed by atoms with E-state index in [0.717, 1.165) is 18.8 Å². The average Bonchev–Trinajstić information content (AvgIpc) is 2.40. The van der Waals surface area contributed by atoms with E-state index >= 15 is 0 Å². The van der Waals surface area contributed by atoms with Gasteiger partial charge < -0.3 is 15.4 Å². The van der Waals surface area contributed by atoms with Crippen LogP contribution in [0.25, 0.3) is 0 Å². The van der Waals surface area contributed by atoms with Gasteiger partial charge in [-0.3, -0.25) is 4.21 Å².